The van der Waals surface area contributed by atoms with Crippen LogP contribution < -0.4 is 5.32 Å². The van der Waals surface area contributed by atoms with Gasteiger partial charge in [0.05, 0.1) is 18.6 Å². The van der Waals surface area contributed by atoms with E-state index in [1.54, 1.807) is 0 Å². The van der Waals surface area contributed by atoms with Crippen LogP contribution in [-0.4, -0.2) is 31.4 Å². The molecule has 0 radical (unpaired) electrons. The summed E-state index contributed by atoms with van der Waals surface area (Å²) < 4.78 is 2.08. The van der Waals surface area contributed by atoms with Crippen LogP contribution >= 0.6 is 0 Å². The molecule has 2 N–H and O–H groups in total. The van der Waals surface area contributed by atoms with Crippen molar-refractivity contribution in [1.29, 1.82) is 0 Å². The zero-order chi connectivity index (χ0) is 14.0. The van der Waals surface area contributed by atoms with E-state index in [9.17, 15) is 9.90 Å². The normalized spacial score (nSPS) is 20.6. The van der Waals surface area contributed by atoms with Gasteiger partial charge in [-0.05, 0) is 19.3 Å². The molecule has 6 nitrogen and oxygen atoms in total. The summed E-state index contributed by atoms with van der Waals surface area (Å²) in [7, 11) is 0. The number of nitrogens with zero attached hydrogens (tertiary/aromatic N) is 3. The first kappa shape index (κ1) is 13.5. The van der Waals surface area contributed by atoms with Crippen molar-refractivity contribution < 1.29 is 9.90 Å². The first-order valence-corrected chi connectivity index (χ1v) is 7.56. The third kappa shape index (κ3) is 2.85. The Hall–Kier alpha value is -1.43. The van der Waals surface area contributed by atoms with Gasteiger partial charge in [0.15, 0.2) is 5.82 Å². The fourth-order valence-electron chi connectivity index (χ4n) is 3.27. The molecule has 0 atom stereocenters. The van der Waals surface area contributed by atoms with Crippen LogP contribution in [0.4, 0.5) is 0 Å². The van der Waals surface area contributed by atoms with Crippen LogP contribution in [0, 0.1) is 0 Å². The van der Waals surface area contributed by atoms with Gasteiger partial charge in [0.1, 0.15) is 5.82 Å². The van der Waals surface area contributed by atoms with Crippen molar-refractivity contribution in [3.63, 3.8) is 0 Å². The SMILES string of the molecule is O=C(CC1(O)CCCCC1)NCc1nnc2n1CCC2. The number of nitrogens with one attached hydrogen (secondary N) is 1. The zero-order valence-corrected chi connectivity index (χ0v) is 11.8. The Labute approximate surface area is 118 Å². The smallest absolute Gasteiger partial charge is 0.223 e. The second-order valence-electron chi connectivity index (χ2n) is 6.03. The van der Waals surface area contributed by atoms with Gasteiger partial charge >= 0.3 is 0 Å². The Morgan fingerprint density at radius 3 is 2.85 bits per heavy atom. The standard InChI is InChI=1S/C14H22N4O2/c19-13(9-14(20)6-2-1-3-7-14)15-10-12-17-16-11-5-4-8-18(11)12/h20H,1-10H2,(H,15,19). The number of fused-ring (bicyclic) bond motifs is 1. The molecular weight excluding hydrogens is 256 g/mol. The second kappa shape index (κ2) is 5.52. The minimum atomic E-state index is -0.797. The molecule has 3 rings (SSSR count). The molecule has 0 spiro atoms. The van der Waals surface area contributed by atoms with Crippen molar-refractivity contribution in [3.05, 3.63) is 11.6 Å². The number of carbonyl (C=O) groups excluding carboxylic acids is 1. The summed E-state index contributed by atoms with van der Waals surface area (Å²) in [5.74, 6) is 1.74. The molecule has 110 valence electrons. The molecule has 2 heterocycles. The van der Waals surface area contributed by atoms with E-state index in [2.05, 4.69) is 20.1 Å². The third-order valence-electron chi connectivity index (χ3n) is 4.40. The number of amides is 1. The molecule has 1 saturated carbocycles. The van der Waals surface area contributed by atoms with Crippen LogP contribution in [0.5, 0.6) is 0 Å². The predicted octanol–water partition coefficient (Wildman–Crippen LogP) is 0.926. The highest BCUT2D eigenvalue weighted by Crippen LogP contribution is 2.30. The van der Waals surface area contributed by atoms with E-state index < -0.39 is 5.60 Å². The van der Waals surface area contributed by atoms with E-state index in [-0.39, 0.29) is 12.3 Å². The molecule has 0 aromatic carbocycles. The number of hydrogen-bond acceptors (Lipinski definition) is 4. The third-order valence-corrected chi connectivity index (χ3v) is 4.40. The highest BCUT2D eigenvalue weighted by molar-refractivity contribution is 5.76. The van der Waals surface area contributed by atoms with Crippen LogP contribution in [0.1, 0.15) is 56.6 Å². The fourth-order valence-corrected chi connectivity index (χ4v) is 3.27. The lowest BCUT2D eigenvalue weighted by molar-refractivity contribution is -0.127. The lowest BCUT2D eigenvalue weighted by atomic mass is 9.82. The molecule has 20 heavy (non-hydrogen) atoms. The largest absolute Gasteiger partial charge is 0.389 e. The maximum atomic E-state index is 12.0. The van der Waals surface area contributed by atoms with Crippen molar-refractivity contribution in [2.45, 2.75) is 70.1 Å². The maximum Gasteiger partial charge on any atom is 0.223 e. The van der Waals surface area contributed by atoms with E-state index >= 15 is 0 Å². The molecule has 1 amide bonds. The van der Waals surface area contributed by atoms with Crippen LogP contribution in [-0.2, 0) is 24.3 Å². The quantitative estimate of drug-likeness (QED) is 0.858. The van der Waals surface area contributed by atoms with Crippen molar-refractivity contribution in [1.82, 2.24) is 20.1 Å². The number of hydrogen-bond donors (Lipinski definition) is 2. The summed E-state index contributed by atoms with van der Waals surface area (Å²) in [6.45, 7) is 1.35. The van der Waals surface area contributed by atoms with Crippen LogP contribution in [0.15, 0.2) is 0 Å². The summed E-state index contributed by atoms with van der Waals surface area (Å²) in [5.41, 5.74) is -0.797. The molecule has 0 saturated heterocycles. The van der Waals surface area contributed by atoms with Crippen molar-refractivity contribution in [3.8, 4) is 0 Å². The fraction of sp³-hybridized carbons (Fsp3) is 0.786. The van der Waals surface area contributed by atoms with Gasteiger partial charge in [-0.15, -0.1) is 10.2 Å². The van der Waals surface area contributed by atoms with Crippen molar-refractivity contribution >= 4 is 5.91 Å². The average Bonchev–Trinajstić information content (AvgIpc) is 2.99. The molecule has 1 aromatic rings. The van der Waals surface area contributed by atoms with Gasteiger partial charge in [-0.2, -0.15) is 0 Å². The van der Waals surface area contributed by atoms with Crippen LogP contribution in [0.2, 0.25) is 0 Å². The number of aliphatic hydroxyl groups is 1. The highest BCUT2D eigenvalue weighted by Gasteiger charge is 2.31. The number of aromatic nitrogens is 3. The van der Waals surface area contributed by atoms with E-state index in [0.717, 1.165) is 63.1 Å². The number of rotatable bonds is 4. The summed E-state index contributed by atoms with van der Waals surface area (Å²) in [6, 6.07) is 0. The molecule has 6 heteroatoms. The monoisotopic (exact) mass is 278 g/mol. The summed E-state index contributed by atoms with van der Waals surface area (Å²) in [4.78, 5) is 12.0. The van der Waals surface area contributed by atoms with E-state index in [0.29, 0.717) is 6.54 Å². The van der Waals surface area contributed by atoms with E-state index in [1.165, 1.54) is 0 Å². The van der Waals surface area contributed by atoms with Crippen LogP contribution in [0.25, 0.3) is 0 Å². The minimum absolute atomic E-state index is 0.0928. The minimum Gasteiger partial charge on any atom is -0.389 e. The molecule has 0 unspecified atom stereocenters. The van der Waals surface area contributed by atoms with Gasteiger partial charge < -0.3 is 15.0 Å². The topological polar surface area (TPSA) is 80.0 Å². The van der Waals surface area contributed by atoms with Crippen LogP contribution in [0.3, 0.4) is 0 Å². The molecule has 1 fully saturated rings. The molecular formula is C14H22N4O2. The number of carbonyl (C=O) groups is 1. The van der Waals surface area contributed by atoms with Gasteiger partial charge in [-0.1, -0.05) is 19.3 Å². The van der Waals surface area contributed by atoms with Crippen molar-refractivity contribution in [2.24, 2.45) is 0 Å². The Kier molecular flexibility index (Phi) is 3.74. The molecule has 1 aliphatic heterocycles. The Morgan fingerprint density at radius 1 is 1.25 bits per heavy atom. The predicted molar refractivity (Wildman–Crippen MR) is 72.8 cm³/mol. The number of aryl methyl sites for hydroxylation is 1. The molecule has 0 bridgehead atoms. The van der Waals surface area contributed by atoms with Gasteiger partial charge in [0, 0.05) is 13.0 Å². The van der Waals surface area contributed by atoms with E-state index in [4.69, 9.17) is 0 Å². The van der Waals surface area contributed by atoms with Gasteiger partial charge in [-0.3, -0.25) is 4.79 Å². The lowest BCUT2D eigenvalue weighted by Gasteiger charge is -2.31. The first-order chi connectivity index (χ1) is 9.66. The highest BCUT2D eigenvalue weighted by atomic mass is 16.3. The average molecular weight is 278 g/mol. The maximum absolute atomic E-state index is 12.0. The molecule has 1 aromatic heterocycles. The Bertz CT molecular complexity index is 491. The zero-order valence-electron chi connectivity index (χ0n) is 11.8. The summed E-state index contributed by atoms with van der Waals surface area (Å²) >= 11 is 0. The van der Waals surface area contributed by atoms with Gasteiger partial charge in [0.25, 0.3) is 0 Å². The van der Waals surface area contributed by atoms with Gasteiger partial charge in [0.2, 0.25) is 5.91 Å². The van der Waals surface area contributed by atoms with E-state index in [1.807, 2.05) is 0 Å². The van der Waals surface area contributed by atoms with Gasteiger partial charge in [-0.25, -0.2) is 0 Å². The summed E-state index contributed by atoms with van der Waals surface area (Å²) in [5, 5.41) is 21.5. The molecule has 1 aliphatic carbocycles. The summed E-state index contributed by atoms with van der Waals surface area (Å²) in [6.07, 6.45) is 6.94. The Balaban J connectivity index is 1.51. The lowest BCUT2D eigenvalue weighted by Crippen LogP contribution is -2.38. The Morgan fingerprint density at radius 2 is 2.05 bits per heavy atom. The van der Waals surface area contributed by atoms with Crippen molar-refractivity contribution in [2.75, 3.05) is 0 Å². The second-order valence-corrected chi connectivity index (χ2v) is 6.03. The molecule has 2 aliphatic rings. The first-order valence-electron chi connectivity index (χ1n) is 7.56.